The SMILES string of the molecule is Cc1ncnn1-c1ccc(-n2c(=O)c3c(n4ncc(Cc5ccccc5)c24)CN(C(=O)c2ccc(Br)c(C(F)(F)F)c2)C(C)C3)cc1. The van der Waals surface area contributed by atoms with Crippen LogP contribution in [0.25, 0.3) is 17.0 Å². The first-order valence-corrected chi connectivity index (χ1v) is 15.6. The summed E-state index contributed by atoms with van der Waals surface area (Å²) in [5.74, 6) is 0.159. The lowest BCUT2D eigenvalue weighted by atomic mass is 9.97. The Hall–Kier alpha value is -5.04. The molecule has 47 heavy (non-hydrogen) atoms. The highest BCUT2D eigenvalue weighted by atomic mass is 79.9. The molecule has 0 saturated carbocycles. The second kappa shape index (κ2) is 11.6. The zero-order chi connectivity index (χ0) is 33.0. The minimum Gasteiger partial charge on any atom is -0.330 e. The van der Waals surface area contributed by atoms with Crippen LogP contribution < -0.4 is 5.56 Å². The van der Waals surface area contributed by atoms with E-state index in [1.54, 1.807) is 26.9 Å². The molecule has 3 aromatic carbocycles. The molecule has 3 aromatic heterocycles. The number of hydrogen-bond donors (Lipinski definition) is 0. The van der Waals surface area contributed by atoms with Crippen molar-refractivity contribution in [2.75, 3.05) is 0 Å². The smallest absolute Gasteiger partial charge is 0.330 e. The molecule has 0 bridgehead atoms. The van der Waals surface area contributed by atoms with Crippen LogP contribution in [0, 0.1) is 6.92 Å². The van der Waals surface area contributed by atoms with E-state index in [-0.39, 0.29) is 28.6 Å². The van der Waals surface area contributed by atoms with Crippen LogP contribution in [-0.4, -0.2) is 45.8 Å². The van der Waals surface area contributed by atoms with Crippen LogP contribution in [0.1, 0.15) is 51.1 Å². The van der Waals surface area contributed by atoms with Crippen molar-refractivity contribution in [2.45, 2.75) is 45.5 Å². The lowest BCUT2D eigenvalue weighted by Crippen LogP contribution is -2.46. The standard InChI is InChI=1S/C34H27BrF3N7O2/c1-20-14-27-30(18-42(20)32(46)23-8-13-29(35)28(16-23)34(36,37)38)45-31(24(17-40-45)15-22-6-4-3-5-7-22)43(33(27)47)25-9-11-26(12-10-25)44-21(2)39-19-41-44/h3-13,16-17,19-20H,14-15,18H2,1-2H3. The zero-order valence-electron chi connectivity index (χ0n) is 25.2. The van der Waals surface area contributed by atoms with E-state index in [9.17, 15) is 22.8 Å². The average Bonchev–Trinajstić information content (AvgIpc) is 3.67. The monoisotopic (exact) mass is 701 g/mol. The van der Waals surface area contributed by atoms with Crippen LogP contribution in [0.2, 0.25) is 0 Å². The quantitative estimate of drug-likeness (QED) is 0.210. The van der Waals surface area contributed by atoms with Gasteiger partial charge in [0.05, 0.1) is 35.4 Å². The number of benzene rings is 3. The summed E-state index contributed by atoms with van der Waals surface area (Å²) in [5, 5.41) is 8.99. The van der Waals surface area contributed by atoms with Crippen LogP contribution >= 0.6 is 15.9 Å². The fourth-order valence-corrected chi connectivity index (χ4v) is 6.64. The molecule has 0 N–H and O–H groups in total. The van der Waals surface area contributed by atoms with Gasteiger partial charge < -0.3 is 4.90 Å². The molecule has 1 aliphatic heterocycles. The first-order chi connectivity index (χ1) is 22.5. The maximum absolute atomic E-state index is 14.4. The normalized spacial score (nSPS) is 14.9. The number of aryl methyl sites for hydroxylation is 1. The predicted octanol–water partition coefficient (Wildman–Crippen LogP) is 6.33. The summed E-state index contributed by atoms with van der Waals surface area (Å²) in [6.45, 7) is 3.63. The third-order valence-electron chi connectivity index (χ3n) is 8.53. The lowest BCUT2D eigenvalue weighted by Gasteiger charge is -2.35. The van der Waals surface area contributed by atoms with Crippen LogP contribution in [0.4, 0.5) is 13.2 Å². The highest BCUT2D eigenvalue weighted by molar-refractivity contribution is 9.10. The third-order valence-corrected chi connectivity index (χ3v) is 9.22. The largest absolute Gasteiger partial charge is 0.417 e. The van der Waals surface area contributed by atoms with Crippen molar-refractivity contribution in [2.24, 2.45) is 0 Å². The fourth-order valence-electron chi connectivity index (χ4n) is 6.17. The van der Waals surface area contributed by atoms with Crippen molar-refractivity contribution in [1.82, 2.24) is 33.8 Å². The van der Waals surface area contributed by atoms with Crippen LogP contribution in [0.5, 0.6) is 0 Å². The summed E-state index contributed by atoms with van der Waals surface area (Å²) in [7, 11) is 0. The molecule has 9 nitrogen and oxygen atoms in total. The minimum atomic E-state index is -4.64. The van der Waals surface area contributed by atoms with Gasteiger partial charge in [0.2, 0.25) is 0 Å². The Morgan fingerprint density at radius 2 is 1.72 bits per heavy atom. The summed E-state index contributed by atoms with van der Waals surface area (Å²) in [4.78, 5) is 33.9. The molecule has 0 saturated heterocycles. The van der Waals surface area contributed by atoms with E-state index in [0.717, 1.165) is 28.7 Å². The Bertz CT molecular complexity index is 2210. The van der Waals surface area contributed by atoms with Gasteiger partial charge in [0.15, 0.2) is 0 Å². The van der Waals surface area contributed by atoms with Gasteiger partial charge in [0.25, 0.3) is 11.5 Å². The number of aromatic nitrogens is 6. The van der Waals surface area contributed by atoms with Gasteiger partial charge in [0.1, 0.15) is 17.8 Å². The van der Waals surface area contributed by atoms with E-state index in [1.165, 1.54) is 23.4 Å². The average molecular weight is 703 g/mol. The Labute approximate surface area is 275 Å². The van der Waals surface area contributed by atoms with Crippen molar-refractivity contribution in [3.05, 3.63) is 139 Å². The topological polar surface area (TPSA) is 90.3 Å². The molecule has 1 atom stereocenters. The van der Waals surface area contributed by atoms with Gasteiger partial charge in [-0.15, -0.1) is 0 Å². The molecule has 13 heteroatoms. The van der Waals surface area contributed by atoms with E-state index in [4.69, 9.17) is 5.10 Å². The molecule has 7 rings (SSSR count). The fraction of sp³-hybridized carbons (Fsp3) is 0.206. The number of carbonyl (C=O) groups excluding carboxylic acids is 1. The molecule has 0 fully saturated rings. The summed E-state index contributed by atoms with van der Waals surface area (Å²) in [6.07, 6.45) is -0.743. The van der Waals surface area contributed by atoms with Gasteiger partial charge in [-0.25, -0.2) is 14.2 Å². The maximum atomic E-state index is 14.4. The van der Waals surface area contributed by atoms with Crippen LogP contribution in [0.15, 0.2) is 94.6 Å². The second-order valence-corrected chi connectivity index (χ2v) is 12.4. The Kier molecular flexibility index (Phi) is 7.58. The minimum absolute atomic E-state index is 0.00367. The van der Waals surface area contributed by atoms with Gasteiger partial charge in [-0.1, -0.05) is 46.3 Å². The molecule has 0 spiro atoms. The summed E-state index contributed by atoms with van der Waals surface area (Å²) in [5.41, 5.74) is 3.54. The third kappa shape index (κ3) is 5.43. The number of fused-ring (bicyclic) bond motifs is 3. The van der Waals surface area contributed by atoms with E-state index in [2.05, 4.69) is 26.0 Å². The summed E-state index contributed by atoms with van der Waals surface area (Å²) >= 11 is 2.95. The van der Waals surface area contributed by atoms with Crippen molar-refractivity contribution in [3.8, 4) is 11.4 Å². The van der Waals surface area contributed by atoms with E-state index in [0.29, 0.717) is 29.0 Å². The highest BCUT2D eigenvalue weighted by Crippen LogP contribution is 2.36. The molecule has 0 radical (unpaired) electrons. The first-order valence-electron chi connectivity index (χ1n) is 14.8. The number of amides is 1. The number of halogens is 4. The van der Waals surface area contributed by atoms with Crippen molar-refractivity contribution < 1.29 is 18.0 Å². The van der Waals surface area contributed by atoms with Crippen molar-refractivity contribution >= 4 is 27.5 Å². The van der Waals surface area contributed by atoms with Crippen molar-refractivity contribution in [3.63, 3.8) is 0 Å². The number of rotatable bonds is 5. The molecule has 0 aliphatic carbocycles. The van der Waals surface area contributed by atoms with E-state index < -0.39 is 23.7 Å². The van der Waals surface area contributed by atoms with E-state index >= 15 is 0 Å². The van der Waals surface area contributed by atoms with Crippen molar-refractivity contribution in [1.29, 1.82) is 0 Å². The van der Waals surface area contributed by atoms with Gasteiger partial charge >= 0.3 is 6.18 Å². The number of hydrogen-bond acceptors (Lipinski definition) is 5. The number of alkyl halides is 3. The van der Waals surface area contributed by atoms with Gasteiger partial charge in [0, 0.05) is 33.6 Å². The summed E-state index contributed by atoms with van der Waals surface area (Å²) < 4.78 is 45.9. The molecule has 1 unspecified atom stereocenters. The zero-order valence-corrected chi connectivity index (χ0v) is 26.8. The molecule has 6 aromatic rings. The molecule has 4 heterocycles. The van der Waals surface area contributed by atoms with Gasteiger partial charge in [-0.2, -0.15) is 23.4 Å². The molecular weight excluding hydrogens is 675 g/mol. The first kappa shape index (κ1) is 30.6. The van der Waals surface area contributed by atoms with E-state index in [1.807, 2.05) is 61.5 Å². The van der Waals surface area contributed by atoms with Gasteiger partial charge in [-0.3, -0.25) is 14.2 Å². The molecule has 1 aliphatic rings. The number of carbonyl (C=O) groups is 1. The highest BCUT2D eigenvalue weighted by Gasteiger charge is 2.36. The van der Waals surface area contributed by atoms with Gasteiger partial charge in [-0.05, 0) is 68.3 Å². The lowest BCUT2D eigenvalue weighted by molar-refractivity contribution is -0.138. The summed E-state index contributed by atoms with van der Waals surface area (Å²) in [6, 6.07) is 20.2. The Morgan fingerprint density at radius 1 is 1.00 bits per heavy atom. The Balaban J connectivity index is 1.36. The molecule has 238 valence electrons. The second-order valence-electron chi connectivity index (χ2n) is 11.5. The Morgan fingerprint density at radius 3 is 2.40 bits per heavy atom. The van der Waals surface area contributed by atoms with Crippen LogP contribution in [0.3, 0.4) is 0 Å². The molecule has 1 amide bonds. The van der Waals surface area contributed by atoms with Crippen LogP contribution in [-0.2, 0) is 25.6 Å². The number of nitrogens with zero attached hydrogens (tertiary/aromatic N) is 7. The molecular formula is C34H27BrF3N7O2. The predicted molar refractivity (Wildman–Crippen MR) is 172 cm³/mol. The maximum Gasteiger partial charge on any atom is 0.417 e.